The van der Waals surface area contributed by atoms with Crippen LogP contribution in [0.25, 0.3) is 0 Å². The molecule has 1 fully saturated rings. The molecule has 0 spiro atoms. The maximum Gasteiger partial charge on any atom is 0.251 e. The Morgan fingerprint density at radius 2 is 2.00 bits per heavy atom. The standard InChI is InChI=1S/C16H24N2OS/c1-2-20-15-6-4-3-5-14(15)18-16(19)13-9-7-12(11-17)8-10-13/h7-10,14-15H,2-6,11,17H2,1H3,(H,18,19). The molecule has 0 aromatic heterocycles. The Hall–Kier alpha value is -1.00. The van der Waals surface area contributed by atoms with Crippen molar-refractivity contribution < 1.29 is 4.79 Å². The number of hydrogen-bond acceptors (Lipinski definition) is 3. The van der Waals surface area contributed by atoms with E-state index in [1.165, 1.54) is 19.3 Å². The number of carbonyl (C=O) groups is 1. The first-order valence-corrected chi connectivity index (χ1v) is 8.51. The fraction of sp³-hybridized carbons (Fsp3) is 0.562. The fourth-order valence-electron chi connectivity index (χ4n) is 2.72. The molecule has 1 amide bonds. The van der Waals surface area contributed by atoms with Crippen molar-refractivity contribution in [1.82, 2.24) is 5.32 Å². The van der Waals surface area contributed by atoms with E-state index in [1.807, 2.05) is 36.0 Å². The first-order chi connectivity index (χ1) is 9.74. The average Bonchev–Trinajstić information content (AvgIpc) is 2.49. The van der Waals surface area contributed by atoms with Crippen LogP contribution in [0.5, 0.6) is 0 Å². The van der Waals surface area contributed by atoms with Gasteiger partial charge in [-0.25, -0.2) is 0 Å². The Kier molecular flexibility index (Phi) is 5.92. The van der Waals surface area contributed by atoms with Gasteiger partial charge in [-0.3, -0.25) is 4.79 Å². The van der Waals surface area contributed by atoms with E-state index in [1.54, 1.807) is 0 Å². The van der Waals surface area contributed by atoms with Crippen molar-refractivity contribution in [1.29, 1.82) is 0 Å². The topological polar surface area (TPSA) is 55.1 Å². The number of rotatable bonds is 5. The number of carbonyl (C=O) groups excluding carboxylic acids is 1. The predicted molar refractivity (Wildman–Crippen MR) is 86.0 cm³/mol. The molecular formula is C16H24N2OS. The van der Waals surface area contributed by atoms with Crippen molar-refractivity contribution in [3.63, 3.8) is 0 Å². The minimum atomic E-state index is 0.0437. The number of amides is 1. The van der Waals surface area contributed by atoms with E-state index >= 15 is 0 Å². The van der Waals surface area contributed by atoms with E-state index in [0.29, 0.717) is 17.8 Å². The second kappa shape index (κ2) is 7.70. The second-order valence-corrected chi connectivity index (χ2v) is 6.78. The van der Waals surface area contributed by atoms with Crippen molar-refractivity contribution in [2.75, 3.05) is 5.75 Å². The molecule has 0 saturated heterocycles. The highest BCUT2D eigenvalue weighted by atomic mass is 32.2. The SMILES string of the molecule is CCSC1CCCCC1NC(=O)c1ccc(CN)cc1. The Labute approximate surface area is 125 Å². The normalized spacial score (nSPS) is 22.5. The zero-order valence-corrected chi connectivity index (χ0v) is 12.9. The molecule has 3 nitrogen and oxygen atoms in total. The summed E-state index contributed by atoms with van der Waals surface area (Å²) in [5, 5.41) is 3.79. The Balaban J connectivity index is 1.97. The van der Waals surface area contributed by atoms with Crippen molar-refractivity contribution in [2.45, 2.75) is 50.4 Å². The van der Waals surface area contributed by atoms with E-state index in [-0.39, 0.29) is 5.91 Å². The van der Waals surface area contributed by atoms with Crippen molar-refractivity contribution >= 4 is 17.7 Å². The highest BCUT2D eigenvalue weighted by molar-refractivity contribution is 7.99. The van der Waals surface area contributed by atoms with Gasteiger partial charge >= 0.3 is 0 Å². The maximum absolute atomic E-state index is 12.3. The van der Waals surface area contributed by atoms with Crippen LogP contribution >= 0.6 is 11.8 Å². The lowest BCUT2D eigenvalue weighted by Crippen LogP contribution is -2.43. The van der Waals surface area contributed by atoms with E-state index in [0.717, 1.165) is 23.3 Å². The van der Waals surface area contributed by atoms with Crippen LogP contribution < -0.4 is 11.1 Å². The van der Waals surface area contributed by atoms with Crippen molar-refractivity contribution in [2.24, 2.45) is 5.73 Å². The fourth-order valence-corrected chi connectivity index (χ4v) is 3.92. The molecule has 1 aromatic rings. The first kappa shape index (κ1) is 15.4. The van der Waals surface area contributed by atoms with Gasteiger partial charge in [-0.05, 0) is 36.3 Å². The largest absolute Gasteiger partial charge is 0.348 e. The number of benzene rings is 1. The lowest BCUT2D eigenvalue weighted by Gasteiger charge is -2.31. The molecule has 20 heavy (non-hydrogen) atoms. The van der Waals surface area contributed by atoms with Gasteiger partial charge in [0.15, 0.2) is 0 Å². The Bertz CT molecular complexity index is 431. The molecule has 2 rings (SSSR count). The Morgan fingerprint density at radius 3 is 2.65 bits per heavy atom. The Morgan fingerprint density at radius 1 is 1.30 bits per heavy atom. The lowest BCUT2D eigenvalue weighted by atomic mass is 9.94. The molecule has 1 aromatic carbocycles. The van der Waals surface area contributed by atoms with E-state index in [9.17, 15) is 4.79 Å². The third-order valence-corrected chi connectivity index (χ3v) is 5.18. The number of thioether (sulfide) groups is 1. The minimum Gasteiger partial charge on any atom is -0.348 e. The highest BCUT2D eigenvalue weighted by Gasteiger charge is 2.26. The van der Waals surface area contributed by atoms with Gasteiger partial charge in [0.05, 0.1) is 0 Å². The number of hydrogen-bond donors (Lipinski definition) is 2. The summed E-state index contributed by atoms with van der Waals surface area (Å²) in [5.41, 5.74) is 7.36. The zero-order valence-electron chi connectivity index (χ0n) is 12.1. The average molecular weight is 292 g/mol. The molecule has 0 heterocycles. The molecular weight excluding hydrogens is 268 g/mol. The third kappa shape index (κ3) is 4.00. The summed E-state index contributed by atoms with van der Waals surface area (Å²) in [6.07, 6.45) is 4.83. The smallest absolute Gasteiger partial charge is 0.251 e. The summed E-state index contributed by atoms with van der Waals surface area (Å²) < 4.78 is 0. The highest BCUT2D eigenvalue weighted by Crippen LogP contribution is 2.28. The van der Waals surface area contributed by atoms with E-state index in [4.69, 9.17) is 5.73 Å². The molecule has 2 unspecified atom stereocenters. The van der Waals surface area contributed by atoms with Crippen molar-refractivity contribution in [3.05, 3.63) is 35.4 Å². The molecule has 1 aliphatic carbocycles. The minimum absolute atomic E-state index is 0.0437. The van der Waals surface area contributed by atoms with Crippen LogP contribution in [0.2, 0.25) is 0 Å². The van der Waals surface area contributed by atoms with Crippen LogP contribution in [-0.4, -0.2) is 23.0 Å². The van der Waals surface area contributed by atoms with Crippen LogP contribution in [0, 0.1) is 0 Å². The molecule has 2 atom stereocenters. The molecule has 1 saturated carbocycles. The first-order valence-electron chi connectivity index (χ1n) is 7.46. The van der Waals surface area contributed by atoms with Crippen molar-refractivity contribution in [3.8, 4) is 0 Å². The maximum atomic E-state index is 12.3. The number of nitrogens with two attached hydrogens (primary N) is 1. The van der Waals surface area contributed by atoms with Gasteiger partial charge in [0.1, 0.15) is 0 Å². The molecule has 0 radical (unpaired) electrons. The number of nitrogens with one attached hydrogen (secondary N) is 1. The summed E-state index contributed by atoms with van der Waals surface area (Å²) in [5.74, 6) is 1.16. The third-order valence-electron chi connectivity index (χ3n) is 3.85. The van der Waals surface area contributed by atoms with Crippen LogP contribution in [0.1, 0.15) is 48.5 Å². The van der Waals surface area contributed by atoms with E-state index < -0.39 is 0 Å². The van der Waals surface area contributed by atoms with Crippen LogP contribution in [0.3, 0.4) is 0 Å². The van der Waals surface area contributed by atoms with Crippen LogP contribution in [0.4, 0.5) is 0 Å². The molecule has 0 aliphatic heterocycles. The lowest BCUT2D eigenvalue weighted by molar-refractivity contribution is 0.0929. The predicted octanol–water partition coefficient (Wildman–Crippen LogP) is 2.94. The summed E-state index contributed by atoms with van der Waals surface area (Å²) in [7, 11) is 0. The summed E-state index contributed by atoms with van der Waals surface area (Å²) in [4.78, 5) is 12.3. The van der Waals surface area contributed by atoms with Gasteiger partial charge in [-0.2, -0.15) is 11.8 Å². The summed E-state index contributed by atoms with van der Waals surface area (Å²) in [6, 6.07) is 7.89. The molecule has 3 N–H and O–H groups in total. The summed E-state index contributed by atoms with van der Waals surface area (Å²) in [6.45, 7) is 2.70. The van der Waals surface area contributed by atoms with E-state index in [2.05, 4.69) is 12.2 Å². The molecule has 0 bridgehead atoms. The van der Waals surface area contributed by atoms with Gasteiger partial charge in [0, 0.05) is 23.4 Å². The molecule has 1 aliphatic rings. The van der Waals surface area contributed by atoms with Gasteiger partial charge in [0.25, 0.3) is 5.91 Å². The van der Waals surface area contributed by atoms with Crippen LogP contribution in [-0.2, 0) is 6.54 Å². The van der Waals surface area contributed by atoms with Gasteiger partial charge in [0.2, 0.25) is 0 Å². The van der Waals surface area contributed by atoms with Gasteiger partial charge in [-0.1, -0.05) is 31.9 Å². The summed E-state index contributed by atoms with van der Waals surface area (Å²) >= 11 is 1.97. The van der Waals surface area contributed by atoms with Gasteiger partial charge < -0.3 is 11.1 Å². The zero-order chi connectivity index (χ0) is 14.4. The quantitative estimate of drug-likeness (QED) is 0.877. The molecule has 4 heteroatoms. The monoisotopic (exact) mass is 292 g/mol. The van der Waals surface area contributed by atoms with Crippen LogP contribution in [0.15, 0.2) is 24.3 Å². The second-order valence-electron chi connectivity index (χ2n) is 5.26. The van der Waals surface area contributed by atoms with Gasteiger partial charge in [-0.15, -0.1) is 0 Å². The molecule has 110 valence electrons.